The Bertz CT molecular complexity index is 602. The Morgan fingerprint density at radius 2 is 2.00 bits per heavy atom. The standard InChI is InChI=1S/C17H21BrN4O/c1-2-19-17(22-13-15-5-3-4-10-20-15)21-11-12-23-16-8-6-14(18)7-9-16/h3-10H,2,11-13H2,1H3,(H2,19,21,22). The van der Waals surface area contributed by atoms with E-state index >= 15 is 0 Å². The van der Waals surface area contributed by atoms with Crippen LogP contribution in [0.3, 0.4) is 0 Å². The first-order valence-corrected chi connectivity index (χ1v) is 8.37. The number of aromatic nitrogens is 1. The van der Waals surface area contributed by atoms with Crippen molar-refractivity contribution < 1.29 is 4.74 Å². The maximum atomic E-state index is 5.67. The Hall–Kier alpha value is -2.08. The highest BCUT2D eigenvalue weighted by molar-refractivity contribution is 9.10. The van der Waals surface area contributed by atoms with Crippen LogP contribution in [0.2, 0.25) is 0 Å². The average Bonchev–Trinajstić information content (AvgIpc) is 2.59. The Morgan fingerprint density at radius 3 is 2.70 bits per heavy atom. The molecule has 0 atom stereocenters. The molecule has 5 nitrogen and oxygen atoms in total. The number of aliphatic imine (C=N–C) groups is 1. The summed E-state index contributed by atoms with van der Waals surface area (Å²) in [6, 6.07) is 13.6. The highest BCUT2D eigenvalue weighted by atomic mass is 79.9. The molecule has 0 unspecified atom stereocenters. The Morgan fingerprint density at radius 1 is 1.17 bits per heavy atom. The summed E-state index contributed by atoms with van der Waals surface area (Å²) in [7, 11) is 0. The molecule has 0 radical (unpaired) electrons. The Kier molecular flexibility index (Phi) is 7.39. The third kappa shape index (κ3) is 6.69. The molecule has 1 heterocycles. The van der Waals surface area contributed by atoms with Gasteiger partial charge in [-0.15, -0.1) is 0 Å². The minimum Gasteiger partial charge on any atom is -0.492 e. The number of rotatable bonds is 7. The van der Waals surface area contributed by atoms with E-state index in [1.165, 1.54) is 0 Å². The molecule has 0 fully saturated rings. The quantitative estimate of drug-likeness (QED) is 0.443. The minimum absolute atomic E-state index is 0.545. The van der Waals surface area contributed by atoms with Gasteiger partial charge < -0.3 is 15.4 Å². The number of hydrogen-bond donors (Lipinski definition) is 2. The fourth-order valence-corrected chi connectivity index (χ4v) is 2.13. The fourth-order valence-electron chi connectivity index (χ4n) is 1.86. The normalized spacial score (nSPS) is 11.1. The van der Waals surface area contributed by atoms with Crippen LogP contribution >= 0.6 is 15.9 Å². The van der Waals surface area contributed by atoms with Gasteiger partial charge in [-0.1, -0.05) is 22.0 Å². The molecule has 6 heteroatoms. The van der Waals surface area contributed by atoms with E-state index in [1.807, 2.05) is 49.4 Å². The molecule has 0 aliphatic rings. The van der Waals surface area contributed by atoms with Crippen LogP contribution in [0.5, 0.6) is 5.75 Å². The van der Waals surface area contributed by atoms with Crippen molar-refractivity contribution in [3.8, 4) is 5.75 Å². The molecular weight excluding hydrogens is 356 g/mol. The lowest BCUT2D eigenvalue weighted by atomic mass is 10.3. The second kappa shape index (κ2) is 9.84. The molecule has 2 rings (SSSR count). The molecule has 122 valence electrons. The van der Waals surface area contributed by atoms with Crippen LogP contribution in [0.4, 0.5) is 0 Å². The summed E-state index contributed by atoms with van der Waals surface area (Å²) in [6.45, 7) is 4.63. The zero-order valence-corrected chi connectivity index (χ0v) is 14.7. The number of pyridine rings is 1. The lowest BCUT2D eigenvalue weighted by Gasteiger charge is -2.12. The summed E-state index contributed by atoms with van der Waals surface area (Å²) in [5.41, 5.74) is 0.941. The fraction of sp³-hybridized carbons (Fsp3) is 0.294. The summed E-state index contributed by atoms with van der Waals surface area (Å²) in [5.74, 6) is 1.61. The van der Waals surface area contributed by atoms with Crippen molar-refractivity contribution in [1.29, 1.82) is 0 Å². The van der Waals surface area contributed by atoms with Crippen molar-refractivity contribution in [2.45, 2.75) is 13.5 Å². The van der Waals surface area contributed by atoms with E-state index in [9.17, 15) is 0 Å². The van der Waals surface area contributed by atoms with Gasteiger partial charge in [-0.2, -0.15) is 0 Å². The van der Waals surface area contributed by atoms with Crippen LogP contribution in [0.15, 0.2) is 58.1 Å². The number of nitrogens with zero attached hydrogens (tertiary/aromatic N) is 2. The number of nitrogens with one attached hydrogen (secondary N) is 2. The summed E-state index contributed by atoms with van der Waals surface area (Å²) < 4.78 is 6.71. The van der Waals surface area contributed by atoms with E-state index in [0.717, 1.165) is 28.4 Å². The number of hydrogen-bond acceptors (Lipinski definition) is 3. The molecule has 0 saturated heterocycles. The van der Waals surface area contributed by atoms with Crippen LogP contribution in [-0.4, -0.2) is 30.6 Å². The summed E-state index contributed by atoms with van der Waals surface area (Å²) >= 11 is 3.40. The topological polar surface area (TPSA) is 58.5 Å². The van der Waals surface area contributed by atoms with Gasteiger partial charge >= 0.3 is 0 Å². The second-order valence-electron chi connectivity index (χ2n) is 4.75. The molecule has 0 bridgehead atoms. The minimum atomic E-state index is 0.545. The van der Waals surface area contributed by atoms with Crippen molar-refractivity contribution in [2.75, 3.05) is 19.7 Å². The SMILES string of the molecule is CCNC(=NCc1ccccn1)NCCOc1ccc(Br)cc1. The van der Waals surface area contributed by atoms with Gasteiger partial charge in [-0.3, -0.25) is 4.98 Å². The third-order valence-corrected chi connectivity index (χ3v) is 3.48. The summed E-state index contributed by atoms with van der Waals surface area (Å²) in [6.07, 6.45) is 1.78. The van der Waals surface area contributed by atoms with Gasteiger partial charge in [0.2, 0.25) is 0 Å². The predicted molar refractivity (Wildman–Crippen MR) is 96.7 cm³/mol. The Labute approximate surface area is 145 Å². The molecule has 1 aromatic carbocycles. The van der Waals surface area contributed by atoms with Crippen LogP contribution < -0.4 is 15.4 Å². The first-order chi connectivity index (χ1) is 11.3. The van der Waals surface area contributed by atoms with Crippen molar-refractivity contribution in [3.05, 3.63) is 58.8 Å². The monoisotopic (exact) mass is 376 g/mol. The largest absolute Gasteiger partial charge is 0.492 e. The summed E-state index contributed by atoms with van der Waals surface area (Å²) in [5, 5.41) is 6.46. The highest BCUT2D eigenvalue weighted by Crippen LogP contribution is 2.15. The van der Waals surface area contributed by atoms with Crippen molar-refractivity contribution >= 4 is 21.9 Å². The smallest absolute Gasteiger partial charge is 0.191 e. The van der Waals surface area contributed by atoms with Gasteiger partial charge in [-0.25, -0.2) is 4.99 Å². The van der Waals surface area contributed by atoms with Gasteiger partial charge in [-0.05, 0) is 43.3 Å². The zero-order chi connectivity index (χ0) is 16.3. The Balaban J connectivity index is 1.76. The number of halogens is 1. The zero-order valence-electron chi connectivity index (χ0n) is 13.1. The molecule has 23 heavy (non-hydrogen) atoms. The number of guanidine groups is 1. The van der Waals surface area contributed by atoms with E-state index in [-0.39, 0.29) is 0 Å². The molecule has 2 N–H and O–H groups in total. The van der Waals surface area contributed by atoms with E-state index in [4.69, 9.17) is 4.74 Å². The number of benzene rings is 1. The van der Waals surface area contributed by atoms with E-state index in [2.05, 4.69) is 36.5 Å². The number of ether oxygens (including phenoxy) is 1. The maximum Gasteiger partial charge on any atom is 0.191 e. The van der Waals surface area contributed by atoms with E-state index in [0.29, 0.717) is 19.7 Å². The second-order valence-corrected chi connectivity index (χ2v) is 5.66. The first-order valence-electron chi connectivity index (χ1n) is 7.58. The molecule has 1 aromatic heterocycles. The van der Waals surface area contributed by atoms with E-state index < -0.39 is 0 Å². The van der Waals surface area contributed by atoms with Gasteiger partial charge in [0.1, 0.15) is 12.4 Å². The lowest BCUT2D eigenvalue weighted by molar-refractivity contribution is 0.322. The van der Waals surface area contributed by atoms with Gasteiger partial charge in [0.05, 0.1) is 18.8 Å². The van der Waals surface area contributed by atoms with Crippen molar-refractivity contribution in [1.82, 2.24) is 15.6 Å². The lowest BCUT2D eigenvalue weighted by Crippen LogP contribution is -2.39. The molecule has 0 saturated carbocycles. The highest BCUT2D eigenvalue weighted by Gasteiger charge is 1.99. The van der Waals surface area contributed by atoms with Crippen LogP contribution in [0, 0.1) is 0 Å². The van der Waals surface area contributed by atoms with Gasteiger partial charge in [0.15, 0.2) is 5.96 Å². The van der Waals surface area contributed by atoms with Gasteiger partial charge in [0, 0.05) is 17.2 Å². The van der Waals surface area contributed by atoms with Gasteiger partial charge in [0.25, 0.3) is 0 Å². The van der Waals surface area contributed by atoms with Crippen LogP contribution in [-0.2, 0) is 6.54 Å². The average molecular weight is 377 g/mol. The third-order valence-electron chi connectivity index (χ3n) is 2.95. The molecule has 0 aliphatic carbocycles. The van der Waals surface area contributed by atoms with Crippen molar-refractivity contribution in [2.24, 2.45) is 4.99 Å². The van der Waals surface area contributed by atoms with Crippen LogP contribution in [0.25, 0.3) is 0 Å². The molecular formula is C17H21BrN4O. The predicted octanol–water partition coefficient (Wildman–Crippen LogP) is 2.98. The molecule has 2 aromatic rings. The molecule has 0 spiro atoms. The molecule has 0 amide bonds. The van der Waals surface area contributed by atoms with Crippen molar-refractivity contribution in [3.63, 3.8) is 0 Å². The maximum absolute atomic E-state index is 5.67. The van der Waals surface area contributed by atoms with Crippen LogP contribution in [0.1, 0.15) is 12.6 Å². The van der Waals surface area contributed by atoms with E-state index in [1.54, 1.807) is 6.20 Å². The molecule has 0 aliphatic heterocycles. The first kappa shape index (κ1) is 17.3. The summed E-state index contributed by atoms with van der Waals surface area (Å²) in [4.78, 5) is 8.77.